The van der Waals surface area contributed by atoms with Crippen LogP contribution in [0.2, 0.25) is 0 Å². The quantitative estimate of drug-likeness (QED) is 0.482. The molecule has 0 atom stereocenters. The summed E-state index contributed by atoms with van der Waals surface area (Å²) in [6.07, 6.45) is 0. The summed E-state index contributed by atoms with van der Waals surface area (Å²) in [5.41, 5.74) is 0. The van der Waals surface area contributed by atoms with Crippen LogP contribution in [0.1, 0.15) is 6.92 Å². The Kier molecular flexibility index (Phi) is 2.06. The van der Waals surface area contributed by atoms with E-state index in [9.17, 15) is 0 Å². The van der Waals surface area contributed by atoms with Gasteiger partial charge in [0.2, 0.25) is 5.79 Å². The molecule has 0 aromatic heterocycles. The highest BCUT2D eigenvalue weighted by Crippen LogP contribution is 2.09. The molecule has 0 rings (SSSR count). The van der Waals surface area contributed by atoms with Gasteiger partial charge >= 0.3 is 0 Å². The van der Waals surface area contributed by atoms with Crippen LogP contribution in [0.4, 0.5) is 0 Å². The van der Waals surface area contributed by atoms with E-state index in [1.165, 1.54) is 0 Å². The molecule has 0 N–H and O–H groups in total. The highest BCUT2D eigenvalue weighted by Gasteiger charge is 2.12. The summed E-state index contributed by atoms with van der Waals surface area (Å²) in [4.78, 5) is 10.6. The molecule has 0 spiro atoms. The minimum atomic E-state index is -0.833. The first kappa shape index (κ1) is 7.01. The second-order valence-electron chi connectivity index (χ2n) is 1.45. The van der Waals surface area contributed by atoms with E-state index in [0.29, 0.717) is 0 Å². The van der Waals surface area contributed by atoms with Gasteiger partial charge in [0.25, 0.3) is 0 Å². The SMILES string of the molecule is C=NC(C)(N=C)N=C. The van der Waals surface area contributed by atoms with Gasteiger partial charge in [-0.25, -0.2) is 0 Å². The Morgan fingerprint density at radius 1 is 1.00 bits per heavy atom. The first-order chi connectivity index (χ1) is 3.68. The molecule has 8 heavy (non-hydrogen) atoms. The molecule has 0 aromatic rings. The summed E-state index contributed by atoms with van der Waals surface area (Å²) in [6.45, 7) is 11.4. The Balaban J connectivity index is 4.18. The summed E-state index contributed by atoms with van der Waals surface area (Å²) in [5.74, 6) is -0.833. The topological polar surface area (TPSA) is 37.1 Å². The molecule has 0 saturated carbocycles. The van der Waals surface area contributed by atoms with Crippen molar-refractivity contribution in [2.45, 2.75) is 12.7 Å². The lowest BCUT2D eigenvalue weighted by Gasteiger charge is -2.10. The van der Waals surface area contributed by atoms with Crippen molar-refractivity contribution < 1.29 is 0 Å². The van der Waals surface area contributed by atoms with Gasteiger partial charge < -0.3 is 0 Å². The number of hydrogen-bond acceptors (Lipinski definition) is 3. The molecule has 0 unspecified atom stereocenters. The van der Waals surface area contributed by atoms with Crippen LogP contribution < -0.4 is 0 Å². The van der Waals surface area contributed by atoms with Crippen molar-refractivity contribution in [3.63, 3.8) is 0 Å². The minimum Gasteiger partial charge on any atom is -0.250 e. The van der Waals surface area contributed by atoms with Crippen LogP contribution in [0.25, 0.3) is 0 Å². The van der Waals surface area contributed by atoms with Gasteiger partial charge in [0.1, 0.15) is 0 Å². The van der Waals surface area contributed by atoms with Crippen LogP contribution in [0.15, 0.2) is 15.0 Å². The molecule has 0 radical (unpaired) electrons. The van der Waals surface area contributed by atoms with Crippen LogP contribution in [0.3, 0.4) is 0 Å². The molecule has 0 bridgehead atoms. The zero-order valence-corrected chi connectivity index (χ0v) is 4.96. The predicted molar refractivity (Wildman–Crippen MR) is 37.1 cm³/mol. The fraction of sp³-hybridized carbons (Fsp3) is 0.400. The third-order valence-corrected chi connectivity index (χ3v) is 0.899. The Morgan fingerprint density at radius 3 is 1.25 bits per heavy atom. The Morgan fingerprint density at radius 2 is 1.25 bits per heavy atom. The summed E-state index contributed by atoms with van der Waals surface area (Å²) >= 11 is 0. The number of nitrogens with zero attached hydrogens (tertiary/aromatic N) is 3. The van der Waals surface area contributed by atoms with Crippen LogP contribution in [-0.4, -0.2) is 25.9 Å². The lowest BCUT2D eigenvalue weighted by atomic mass is 10.4. The van der Waals surface area contributed by atoms with E-state index in [0.717, 1.165) is 0 Å². The molecule has 0 fully saturated rings. The maximum atomic E-state index is 3.55. The second-order valence-corrected chi connectivity index (χ2v) is 1.45. The molecular weight excluding hydrogens is 102 g/mol. The maximum absolute atomic E-state index is 3.55. The molecule has 0 aliphatic rings. The highest BCUT2D eigenvalue weighted by molar-refractivity contribution is 5.33. The average Bonchev–Trinajstić information content (AvgIpc) is 1.87. The van der Waals surface area contributed by atoms with Crippen LogP contribution in [-0.2, 0) is 0 Å². The first-order valence-corrected chi connectivity index (χ1v) is 2.12. The van der Waals surface area contributed by atoms with Crippen molar-refractivity contribution in [2.24, 2.45) is 15.0 Å². The lowest BCUT2D eigenvalue weighted by Crippen LogP contribution is -2.12. The number of hydrogen-bond donors (Lipinski definition) is 0. The fourth-order valence-electron chi connectivity index (χ4n) is 0.150. The molecule has 0 heterocycles. The standard InChI is InChI=1S/C5H9N3/c1-5(6-2,7-3)8-4/h2-4H2,1H3. The maximum Gasteiger partial charge on any atom is 0.239 e. The average molecular weight is 111 g/mol. The van der Waals surface area contributed by atoms with Crippen molar-refractivity contribution in [2.75, 3.05) is 0 Å². The van der Waals surface area contributed by atoms with Gasteiger partial charge in [-0.15, -0.1) is 0 Å². The lowest BCUT2D eigenvalue weighted by molar-refractivity contribution is 0.538. The third-order valence-electron chi connectivity index (χ3n) is 0.899. The minimum absolute atomic E-state index is 0.833. The highest BCUT2D eigenvalue weighted by atomic mass is 15.2. The van der Waals surface area contributed by atoms with Gasteiger partial charge in [0.15, 0.2) is 0 Å². The van der Waals surface area contributed by atoms with Gasteiger partial charge in [-0.1, -0.05) is 0 Å². The molecule has 3 heteroatoms. The van der Waals surface area contributed by atoms with Gasteiger partial charge in [-0.3, -0.25) is 15.0 Å². The summed E-state index contributed by atoms with van der Waals surface area (Å²) < 4.78 is 0. The van der Waals surface area contributed by atoms with Gasteiger partial charge in [-0.2, -0.15) is 0 Å². The van der Waals surface area contributed by atoms with E-state index in [2.05, 4.69) is 35.1 Å². The smallest absolute Gasteiger partial charge is 0.239 e. The number of aliphatic imine (C=N–C) groups is 3. The third kappa shape index (κ3) is 1.26. The van der Waals surface area contributed by atoms with E-state index in [-0.39, 0.29) is 0 Å². The predicted octanol–water partition coefficient (Wildman–Crippen LogP) is 0.762. The first-order valence-electron chi connectivity index (χ1n) is 2.12. The summed E-state index contributed by atoms with van der Waals surface area (Å²) in [5, 5.41) is 0. The normalized spacial score (nSPS) is 10.1. The Bertz CT molecular complexity index is 95.1. The summed E-state index contributed by atoms with van der Waals surface area (Å²) in [7, 11) is 0. The van der Waals surface area contributed by atoms with E-state index in [4.69, 9.17) is 0 Å². The molecule has 0 saturated heterocycles. The fourth-order valence-corrected chi connectivity index (χ4v) is 0.150. The second kappa shape index (κ2) is 2.35. The van der Waals surface area contributed by atoms with Crippen LogP contribution >= 0.6 is 0 Å². The van der Waals surface area contributed by atoms with Crippen molar-refractivity contribution in [3.05, 3.63) is 0 Å². The van der Waals surface area contributed by atoms with Crippen LogP contribution in [0, 0.1) is 0 Å². The monoisotopic (exact) mass is 111 g/mol. The van der Waals surface area contributed by atoms with E-state index >= 15 is 0 Å². The van der Waals surface area contributed by atoms with E-state index < -0.39 is 5.79 Å². The molecule has 3 nitrogen and oxygen atoms in total. The molecule has 44 valence electrons. The molecule has 0 aliphatic heterocycles. The Hall–Kier alpha value is -0.990. The van der Waals surface area contributed by atoms with E-state index in [1.807, 2.05) is 0 Å². The van der Waals surface area contributed by atoms with Crippen molar-refractivity contribution >= 4 is 20.2 Å². The van der Waals surface area contributed by atoms with Crippen molar-refractivity contribution in [3.8, 4) is 0 Å². The van der Waals surface area contributed by atoms with Gasteiger partial charge in [0, 0.05) is 6.92 Å². The molecular formula is C5H9N3. The zero-order chi connectivity index (χ0) is 6.62. The number of rotatable bonds is 3. The largest absolute Gasteiger partial charge is 0.250 e. The van der Waals surface area contributed by atoms with Gasteiger partial charge in [-0.05, 0) is 20.2 Å². The molecule has 0 amide bonds. The molecule has 0 aliphatic carbocycles. The van der Waals surface area contributed by atoms with Crippen molar-refractivity contribution in [1.82, 2.24) is 0 Å². The van der Waals surface area contributed by atoms with Crippen LogP contribution in [0.5, 0.6) is 0 Å². The van der Waals surface area contributed by atoms with E-state index in [1.54, 1.807) is 6.92 Å². The van der Waals surface area contributed by atoms with Crippen molar-refractivity contribution in [1.29, 1.82) is 0 Å². The Labute approximate surface area is 48.9 Å². The van der Waals surface area contributed by atoms with Gasteiger partial charge in [0.05, 0.1) is 0 Å². The summed E-state index contributed by atoms with van der Waals surface area (Å²) in [6, 6.07) is 0. The zero-order valence-electron chi connectivity index (χ0n) is 4.96. The molecule has 0 aromatic carbocycles.